The topological polar surface area (TPSA) is 210 Å². The molecule has 2 aromatic heterocycles. The van der Waals surface area contributed by atoms with Gasteiger partial charge in [0.2, 0.25) is 23.7 Å². The molecule has 1 saturated heterocycles. The van der Waals surface area contributed by atoms with Crippen molar-refractivity contribution in [2.75, 3.05) is 44.8 Å². The van der Waals surface area contributed by atoms with E-state index >= 15 is 0 Å². The van der Waals surface area contributed by atoms with Crippen LogP contribution < -0.4 is 21.5 Å². The predicted molar refractivity (Wildman–Crippen MR) is 235 cm³/mol. The van der Waals surface area contributed by atoms with E-state index in [4.69, 9.17) is 21.1 Å². The number of H-pyrrole nitrogens is 2. The number of hydrogen-bond acceptors (Lipinski definition) is 10. The van der Waals surface area contributed by atoms with E-state index in [1.807, 2.05) is 24.3 Å². The Bertz CT molecular complexity index is 2780. The normalized spacial score (nSPS) is 14.9. The highest BCUT2D eigenvalue weighted by Crippen LogP contribution is 2.32. The summed E-state index contributed by atoms with van der Waals surface area (Å²) in [7, 11) is 0. The fourth-order valence-electron chi connectivity index (χ4n) is 7.80. The largest absolute Gasteiger partial charge is 0.383 e. The summed E-state index contributed by atoms with van der Waals surface area (Å²) in [4.78, 5) is 85.2. The highest BCUT2D eigenvalue weighted by Gasteiger charge is 2.45. The number of piperidine rings is 1. The molecule has 1 atom stereocenters. The Morgan fingerprint density at radius 2 is 1.62 bits per heavy atom. The van der Waals surface area contributed by atoms with Gasteiger partial charge in [-0.15, -0.1) is 0 Å². The second-order valence-electron chi connectivity index (χ2n) is 15.4. The van der Waals surface area contributed by atoms with Crippen molar-refractivity contribution in [3.63, 3.8) is 0 Å². The van der Waals surface area contributed by atoms with Crippen LogP contribution in [-0.2, 0) is 43.1 Å². The summed E-state index contributed by atoms with van der Waals surface area (Å²) >= 11 is 6.18. The monoisotopic (exact) mass is 890 g/mol. The van der Waals surface area contributed by atoms with E-state index in [1.54, 1.807) is 42.5 Å². The van der Waals surface area contributed by atoms with E-state index in [0.29, 0.717) is 65.0 Å². The minimum Gasteiger partial charge on any atom is -0.383 e. The Kier molecular flexibility index (Phi) is 13.4. The van der Waals surface area contributed by atoms with Crippen molar-refractivity contribution < 1.29 is 37.8 Å². The SMILES string of the molecule is O=C(COCCOCCCc1ccc(-c2[nH]n(-c3nc4ccc(Cl)cc4[nH]3)c(=O)c2CCc2ccc(F)cc2)cc1)NCCNc1cccc2c1C(=O)N(C1CCC(=O)NC1=O)C2=O. The fraction of sp³-hybridized carbons (Fsp3) is 0.283. The number of anilines is 1. The molecule has 0 radical (unpaired) electrons. The number of carbonyl (C=O) groups is 5. The van der Waals surface area contributed by atoms with Gasteiger partial charge >= 0.3 is 0 Å². The standard InChI is InChI=1S/C46H44ClFN8O8/c47-30-13-17-34-36(25-30)52-46(51-34)56-44(61)33(16-10-28-8-14-31(48)15-9-28)41(54-56)29-11-6-27(7-12-29)3-2-22-63-23-24-64-26-39(58)50-21-20-49-35-5-1-4-32-40(35)45(62)55(43(32)60)37-18-19-38(57)53-42(37)59/h1,4-9,11-15,17,25,37,49,54H,2-3,10,16,18-24,26H2,(H,50,58)(H,51,52)(H,53,57,59). The summed E-state index contributed by atoms with van der Waals surface area (Å²) in [5, 5.41) is 11.8. The second kappa shape index (κ2) is 19.6. The van der Waals surface area contributed by atoms with Crippen molar-refractivity contribution in [1.82, 2.24) is 35.3 Å². The summed E-state index contributed by atoms with van der Waals surface area (Å²) in [5.74, 6) is -2.65. The molecular weight excluding hydrogens is 847 g/mol. The molecule has 4 heterocycles. The van der Waals surface area contributed by atoms with Crippen LogP contribution >= 0.6 is 11.6 Å². The van der Waals surface area contributed by atoms with E-state index < -0.39 is 29.7 Å². The number of hydrogen-bond donors (Lipinski definition) is 5. The summed E-state index contributed by atoms with van der Waals surface area (Å²) in [6.07, 6.45) is 2.55. The number of aromatic nitrogens is 4. The first-order valence-corrected chi connectivity index (χ1v) is 21.3. The number of benzene rings is 4. The van der Waals surface area contributed by atoms with E-state index in [9.17, 15) is 33.2 Å². The Morgan fingerprint density at radius 1 is 0.859 bits per heavy atom. The van der Waals surface area contributed by atoms with E-state index in [0.717, 1.165) is 34.4 Å². The number of aryl methyl sites for hydroxylation is 2. The molecule has 5 amide bonds. The number of nitrogens with zero attached hydrogens (tertiary/aromatic N) is 3. The number of imidazole rings is 1. The van der Waals surface area contributed by atoms with Gasteiger partial charge in [-0.25, -0.2) is 9.37 Å². The molecule has 0 spiro atoms. The number of rotatable bonds is 19. The molecule has 4 aromatic carbocycles. The van der Waals surface area contributed by atoms with Crippen LogP contribution in [-0.4, -0.2) is 99.7 Å². The van der Waals surface area contributed by atoms with E-state index in [-0.39, 0.29) is 67.6 Å². The van der Waals surface area contributed by atoms with Crippen LogP contribution in [0.15, 0.2) is 89.7 Å². The van der Waals surface area contributed by atoms with E-state index in [2.05, 4.69) is 31.0 Å². The fourth-order valence-corrected chi connectivity index (χ4v) is 7.97. The zero-order valence-corrected chi connectivity index (χ0v) is 35.3. The average molecular weight is 891 g/mol. The Balaban J connectivity index is 0.756. The van der Waals surface area contributed by atoms with Gasteiger partial charge in [0.1, 0.15) is 18.5 Å². The lowest BCUT2D eigenvalue weighted by molar-refractivity contribution is -0.136. The first-order valence-electron chi connectivity index (χ1n) is 20.9. The number of imide groups is 2. The van der Waals surface area contributed by atoms with Crippen LogP contribution in [0.5, 0.6) is 0 Å². The maximum Gasteiger partial charge on any atom is 0.277 e. The van der Waals surface area contributed by atoms with Crippen LogP contribution in [0.1, 0.15) is 56.7 Å². The third-order valence-electron chi connectivity index (χ3n) is 11.0. The maximum absolute atomic E-state index is 13.9. The lowest BCUT2D eigenvalue weighted by Crippen LogP contribution is -2.54. The van der Waals surface area contributed by atoms with Gasteiger partial charge in [0.25, 0.3) is 17.4 Å². The molecule has 8 rings (SSSR count). The first kappa shape index (κ1) is 43.7. The molecule has 18 heteroatoms. The van der Waals surface area contributed by atoms with Gasteiger partial charge in [0.15, 0.2) is 0 Å². The van der Waals surface area contributed by atoms with Crippen LogP contribution in [0.3, 0.4) is 0 Å². The number of ether oxygens (including phenoxy) is 2. The highest BCUT2D eigenvalue weighted by atomic mass is 35.5. The third kappa shape index (κ3) is 9.81. The maximum atomic E-state index is 13.9. The van der Waals surface area contributed by atoms with Gasteiger partial charge in [0, 0.05) is 42.4 Å². The molecule has 1 fully saturated rings. The van der Waals surface area contributed by atoms with Gasteiger partial charge in [-0.3, -0.25) is 44.1 Å². The number of amides is 5. The van der Waals surface area contributed by atoms with Crippen LogP contribution in [0.4, 0.5) is 10.1 Å². The molecule has 0 aliphatic carbocycles. The Labute approximate surface area is 370 Å². The number of aromatic amines is 2. The summed E-state index contributed by atoms with van der Waals surface area (Å²) < 4.78 is 26.1. The minimum atomic E-state index is -1.06. The van der Waals surface area contributed by atoms with Crippen LogP contribution in [0, 0.1) is 5.82 Å². The molecule has 2 aliphatic heterocycles. The average Bonchev–Trinajstić information content (AvgIpc) is 3.93. The van der Waals surface area contributed by atoms with Gasteiger partial charge < -0.3 is 25.1 Å². The molecular formula is C46H44ClFN8O8. The van der Waals surface area contributed by atoms with Crippen LogP contribution in [0.2, 0.25) is 5.02 Å². The van der Waals surface area contributed by atoms with Crippen molar-refractivity contribution >= 4 is 57.9 Å². The number of halogens is 2. The van der Waals surface area contributed by atoms with Crippen molar-refractivity contribution in [1.29, 1.82) is 0 Å². The van der Waals surface area contributed by atoms with Crippen molar-refractivity contribution in [2.45, 2.75) is 44.6 Å². The summed E-state index contributed by atoms with van der Waals surface area (Å²) in [6, 6.07) is 23.2. The Morgan fingerprint density at radius 3 is 2.42 bits per heavy atom. The molecule has 16 nitrogen and oxygen atoms in total. The molecule has 5 N–H and O–H groups in total. The lowest BCUT2D eigenvalue weighted by atomic mass is 10.00. The molecule has 1 unspecified atom stereocenters. The van der Waals surface area contributed by atoms with Gasteiger partial charge in [-0.1, -0.05) is 54.1 Å². The molecule has 2 aliphatic rings. The molecule has 64 heavy (non-hydrogen) atoms. The zero-order chi connectivity index (χ0) is 44.7. The molecule has 0 bridgehead atoms. The van der Waals surface area contributed by atoms with Crippen molar-refractivity contribution in [3.05, 3.63) is 134 Å². The van der Waals surface area contributed by atoms with Gasteiger partial charge in [-0.05, 0) is 91.3 Å². The van der Waals surface area contributed by atoms with Crippen LogP contribution in [0.25, 0.3) is 28.2 Å². The van der Waals surface area contributed by atoms with Crippen molar-refractivity contribution in [3.8, 4) is 17.2 Å². The predicted octanol–water partition coefficient (Wildman–Crippen LogP) is 4.88. The third-order valence-corrected chi connectivity index (χ3v) is 11.3. The second-order valence-corrected chi connectivity index (χ2v) is 15.8. The number of nitrogens with one attached hydrogen (secondary N) is 5. The van der Waals surface area contributed by atoms with E-state index in [1.165, 1.54) is 22.9 Å². The van der Waals surface area contributed by atoms with Gasteiger partial charge in [0.05, 0.1) is 41.1 Å². The molecule has 330 valence electrons. The lowest BCUT2D eigenvalue weighted by Gasteiger charge is -2.27. The number of carbonyl (C=O) groups excluding carboxylic acids is 5. The summed E-state index contributed by atoms with van der Waals surface area (Å²) in [5.41, 5.74) is 5.89. The zero-order valence-electron chi connectivity index (χ0n) is 34.5. The number of fused-ring (bicyclic) bond motifs is 2. The molecule has 0 saturated carbocycles. The van der Waals surface area contributed by atoms with Crippen molar-refractivity contribution in [2.24, 2.45) is 0 Å². The highest BCUT2D eigenvalue weighted by molar-refractivity contribution is 6.31. The quantitative estimate of drug-likeness (QED) is 0.0550. The molecule has 6 aromatic rings. The smallest absolute Gasteiger partial charge is 0.277 e. The van der Waals surface area contributed by atoms with Gasteiger partial charge in [-0.2, -0.15) is 4.68 Å². The minimum absolute atomic E-state index is 0.0302. The summed E-state index contributed by atoms with van der Waals surface area (Å²) in [6.45, 7) is 1.31. The first-order chi connectivity index (χ1) is 31.0. The Hall–Kier alpha value is -6.95.